The fourth-order valence-electron chi connectivity index (χ4n) is 8.14. The number of hydroxylamine groups is 2. The van der Waals surface area contributed by atoms with E-state index in [9.17, 15) is 15.0 Å². The van der Waals surface area contributed by atoms with Gasteiger partial charge >= 0.3 is 0 Å². The Morgan fingerprint density at radius 2 is 1.88 bits per heavy atom. The van der Waals surface area contributed by atoms with Crippen LogP contribution in [0.2, 0.25) is 0 Å². The Labute approximate surface area is 255 Å². The number of aromatic nitrogens is 1. The molecule has 43 heavy (non-hydrogen) atoms. The molecule has 1 unspecified atom stereocenters. The maximum absolute atomic E-state index is 14.0. The predicted octanol–water partition coefficient (Wildman–Crippen LogP) is 5.21. The molecule has 1 saturated heterocycles. The number of aliphatic hydroxyl groups is 2. The number of nitrogens with zero attached hydrogens (tertiary/aromatic N) is 2. The number of fused-ring (bicyclic) bond motifs is 3. The van der Waals surface area contributed by atoms with Gasteiger partial charge in [0.15, 0.2) is 0 Å². The number of rotatable bonds is 8. The summed E-state index contributed by atoms with van der Waals surface area (Å²) in [7, 11) is 1.64. The molecule has 8 nitrogen and oxygen atoms in total. The maximum atomic E-state index is 14.0. The van der Waals surface area contributed by atoms with Crippen LogP contribution in [-0.4, -0.2) is 64.2 Å². The van der Waals surface area contributed by atoms with Crippen molar-refractivity contribution in [3.05, 3.63) is 60.3 Å². The number of hydrogen-bond acceptors (Lipinski definition) is 7. The summed E-state index contributed by atoms with van der Waals surface area (Å²) in [4.78, 5) is 24.9. The van der Waals surface area contributed by atoms with Crippen LogP contribution in [0.1, 0.15) is 53.5 Å². The number of methoxy groups -OCH3 is 1. The van der Waals surface area contributed by atoms with E-state index in [2.05, 4.69) is 31.1 Å². The van der Waals surface area contributed by atoms with Crippen molar-refractivity contribution >= 4 is 16.8 Å². The number of hydrogen-bond donors (Lipinski definition) is 3. The van der Waals surface area contributed by atoms with Crippen molar-refractivity contribution in [1.29, 1.82) is 0 Å². The topological polar surface area (TPSA) is 104 Å². The molecule has 4 aliphatic rings. The first-order chi connectivity index (χ1) is 20.1. The largest absolute Gasteiger partial charge is 0.496 e. The number of benzene rings is 2. The van der Waals surface area contributed by atoms with E-state index in [1.54, 1.807) is 25.3 Å². The first-order valence-corrected chi connectivity index (χ1v) is 15.2. The summed E-state index contributed by atoms with van der Waals surface area (Å²) < 4.78 is 5.98. The fraction of sp³-hybridized carbons (Fsp3) is 0.543. The van der Waals surface area contributed by atoms with Crippen molar-refractivity contribution in [3.63, 3.8) is 0 Å². The summed E-state index contributed by atoms with van der Waals surface area (Å²) in [6, 6.07) is 15.3. The smallest absolute Gasteiger partial charge is 0.240 e. The van der Waals surface area contributed by atoms with Crippen LogP contribution in [-0.2, 0) is 16.2 Å². The number of para-hydroxylation sites is 2. The molecule has 8 atom stereocenters. The number of carbonyl (C=O) groups excluding carboxylic acids is 1. The number of aliphatic hydroxyl groups excluding tert-OH is 2. The van der Waals surface area contributed by atoms with Crippen molar-refractivity contribution in [2.45, 2.75) is 78.8 Å². The summed E-state index contributed by atoms with van der Waals surface area (Å²) in [5, 5.41) is 27.0. The van der Waals surface area contributed by atoms with Crippen LogP contribution >= 0.6 is 0 Å². The van der Waals surface area contributed by atoms with Gasteiger partial charge in [0, 0.05) is 40.2 Å². The first kappa shape index (κ1) is 31.4. The Bertz CT molecular complexity index is 1450. The third-order valence-corrected chi connectivity index (χ3v) is 10.6. The molecule has 2 heterocycles. The van der Waals surface area contributed by atoms with Crippen LogP contribution in [0.15, 0.2) is 54.7 Å². The second kappa shape index (κ2) is 12.2. The van der Waals surface area contributed by atoms with Gasteiger partial charge in [-0.3, -0.25) is 14.6 Å². The highest BCUT2D eigenvalue weighted by molar-refractivity contribution is 5.95. The quantitative estimate of drug-likeness (QED) is 0.332. The van der Waals surface area contributed by atoms with Crippen molar-refractivity contribution in [3.8, 4) is 16.9 Å². The van der Waals surface area contributed by atoms with E-state index in [0.29, 0.717) is 28.9 Å². The minimum Gasteiger partial charge on any atom is -0.496 e. The molecule has 0 radical (unpaired) electrons. The van der Waals surface area contributed by atoms with E-state index in [4.69, 9.17) is 9.57 Å². The lowest BCUT2D eigenvalue weighted by atomic mass is 9.45. The molecule has 1 aliphatic heterocycles. The summed E-state index contributed by atoms with van der Waals surface area (Å²) in [6.07, 6.45) is 2.42. The van der Waals surface area contributed by atoms with Crippen molar-refractivity contribution in [2.24, 2.45) is 29.1 Å². The van der Waals surface area contributed by atoms with E-state index in [-0.39, 0.29) is 32.5 Å². The van der Waals surface area contributed by atoms with Crippen molar-refractivity contribution in [1.82, 2.24) is 15.4 Å². The lowest BCUT2D eigenvalue weighted by Gasteiger charge is -2.62. The highest BCUT2D eigenvalue weighted by atomic mass is 16.7. The molecular weight excluding hydrogens is 542 g/mol. The summed E-state index contributed by atoms with van der Waals surface area (Å²) in [5.41, 5.74) is 3.86. The van der Waals surface area contributed by atoms with Gasteiger partial charge in [-0.15, -0.1) is 0 Å². The highest BCUT2D eigenvalue weighted by Gasteiger charge is 2.57. The van der Waals surface area contributed by atoms with Crippen molar-refractivity contribution < 1.29 is 24.6 Å². The van der Waals surface area contributed by atoms with Crippen molar-refractivity contribution in [2.75, 3.05) is 13.7 Å². The number of amides is 1. The molecular formula is C35H47N3O5. The van der Waals surface area contributed by atoms with Crippen LogP contribution in [0, 0.1) is 29.1 Å². The molecule has 3 aromatic rings. The van der Waals surface area contributed by atoms with Gasteiger partial charge in [0.25, 0.3) is 0 Å². The van der Waals surface area contributed by atoms with E-state index in [1.807, 2.05) is 48.5 Å². The number of ether oxygens (including phenoxy) is 1. The SMILES string of the molecule is C.COc1c(CN2O[C@@H](CO)[C@H]([C@H](C)O)[C@H]2C(=O)N[C@H]2CC3C[C@@H]([C@@H]2C)C3(C)C)cccc1-c1cccc2cccnc12. The Hall–Kier alpha value is -3.04. The summed E-state index contributed by atoms with van der Waals surface area (Å²) >= 11 is 0. The van der Waals surface area contributed by atoms with Crippen LogP contribution < -0.4 is 10.1 Å². The zero-order chi connectivity index (χ0) is 29.8. The number of pyridine rings is 1. The summed E-state index contributed by atoms with van der Waals surface area (Å²) in [6.45, 7) is 8.54. The fourth-order valence-corrected chi connectivity index (χ4v) is 8.14. The maximum Gasteiger partial charge on any atom is 0.240 e. The van der Waals surface area contributed by atoms with E-state index in [1.165, 1.54) is 6.42 Å². The Kier molecular flexibility index (Phi) is 8.87. The van der Waals surface area contributed by atoms with Crippen LogP contribution in [0.25, 0.3) is 22.0 Å². The molecule has 3 saturated carbocycles. The van der Waals surface area contributed by atoms with Gasteiger partial charge in [0.2, 0.25) is 5.91 Å². The predicted molar refractivity (Wildman–Crippen MR) is 168 cm³/mol. The zero-order valence-electron chi connectivity index (χ0n) is 25.2. The molecule has 1 amide bonds. The average molecular weight is 590 g/mol. The number of nitrogens with one attached hydrogen (secondary N) is 1. The zero-order valence-corrected chi connectivity index (χ0v) is 25.2. The van der Waals surface area contributed by atoms with Gasteiger partial charge in [0.1, 0.15) is 17.9 Å². The minimum atomic E-state index is -0.853. The molecule has 3 aliphatic carbocycles. The molecule has 1 aromatic heterocycles. The molecule has 2 bridgehead atoms. The Morgan fingerprint density at radius 3 is 2.56 bits per heavy atom. The molecule has 4 fully saturated rings. The van der Waals surface area contributed by atoms with E-state index in [0.717, 1.165) is 34.0 Å². The Balaban J connectivity index is 0.00000368. The third kappa shape index (κ3) is 5.33. The summed E-state index contributed by atoms with van der Waals surface area (Å²) in [5.74, 6) is 1.48. The van der Waals surface area contributed by atoms with Gasteiger partial charge in [-0.25, -0.2) is 0 Å². The second-order valence-electron chi connectivity index (χ2n) is 13.1. The van der Waals surface area contributed by atoms with Gasteiger partial charge in [0.05, 0.1) is 31.9 Å². The monoisotopic (exact) mass is 589 g/mol. The van der Waals surface area contributed by atoms with Crippen LogP contribution in [0.4, 0.5) is 0 Å². The van der Waals surface area contributed by atoms with Crippen LogP contribution in [0.5, 0.6) is 5.75 Å². The van der Waals surface area contributed by atoms with E-state index >= 15 is 0 Å². The molecule has 0 spiro atoms. The molecule has 2 aromatic carbocycles. The van der Waals surface area contributed by atoms with Gasteiger partial charge < -0.3 is 20.3 Å². The molecule has 7 rings (SSSR count). The third-order valence-electron chi connectivity index (χ3n) is 10.6. The lowest BCUT2D eigenvalue weighted by molar-refractivity contribution is -0.183. The average Bonchev–Trinajstić information content (AvgIpc) is 3.36. The van der Waals surface area contributed by atoms with Crippen LogP contribution in [0.3, 0.4) is 0 Å². The standard InChI is InChI=1S/C34H43N3O5.CH4/c1-19-26-15-23(34(26,3)4)16-27(19)36-33(40)31-29(20(2)39)28(18-38)42-37(31)17-22-10-7-13-25(32(22)41-5)24-12-6-9-21-11-8-14-35-30(21)24;/h6-14,19-20,23,26-29,31,38-39H,15-18H2,1-5H3,(H,36,40);1H4/t19-,20-,23?,26-,27-,28-,29-,31-;/m0./s1. The molecule has 8 heteroatoms. The minimum absolute atomic E-state index is 0. The normalized spacial score (nSPS) is 30.3. The van der Waals surface area contributed by atoms with E-state index < -0.39 is 24.2 Å². The Morgan fingerprint density at radius 1 is 1.16 bits per heavy atom. The lowest BCUT2D eigenvalue weighted by Crippen LogP contribution is -2.62. The molecule has 3 N–H and O–H groups in total. The van der Waals surface area contributed by atoms with Gasteiger partial charge in [-0.1, -0.05) is 70.7 Å². The van der Waals surface area contributed by atoms with Gasteiger partial charge in [-0.05, 0) is 49.0 Å². The molecule has 232 valence electrons. The highest BCUT2D eigenvalue weighted by Crippen LogP contribution is 2.61. The number of carbonyl (C=O) groups is 1. The first-order valence-electron chi connectivity index (χ1n) is 15.2. The van der Waals surface area contributed by atoms with Gasteiger partial charge in [-0.2, -0.15) is 5.06 Å². The second-order valence-corrected chi connectivity index (χ2v) is 13.1.